The summed E-state index contributed by atoms with van der Waals surface area (Å²) >= 11 is 0. The average Bonchev–Trinajstić information content (AvgIpc) is 2.98. The fourth-order valence-electron chi connectivity index (χ4n) is 2.72. The Morgan fingerprint density at radius 2 is 2.10 bits per heavy atom. The second kappa shape index (κ2) is 8.35. The number of nitrogens with zero attached hydrogens (tertiary/aromatic N) is 3. The standard InChI is InChI=1S/C17H30N4/c1-15(2)13-18-14-16-12-17(6-7-19-16)20(3)10-11-21-8-4-5-9-21/h6-7,12,15,18H,4-5,8-11,13-14H2,1-3H3. The number of likely N-dealkylation sites (N-methyl/N-ethyl adjacent to an activating group) is 1. The molecule has 0 amide bonds. The van der Waals surface area contributed by atoms with Crippen molar-refractivity contribution >= 4 is 5.69 Å². The van der Waals surface area contributed by atoms with E-state index in [2.05, 4.69) is 53.1 Å². The van der Waals surface area contributed by atoms with Gasteiger partial charge in [0.15, 0.2) is 0 Å². The fraction of sp³-hybridized carbons (Fsp3) is 0.706. The van der Waals surface area contributed by atoms with Gasteiger partial charge in [-0.25, -0.2) is 0 Å². The third-order valence-corrected chi connectivity index (χ3v) is 4.05. The monoisotopic (exact) mass is 290 g/mol. The molecule has 1 aliphatic heterocycles. The first-order chi connectivity index (χ1) is 10.1. The van der Waals surface area contributed by atoms with Gasteiger partial charge in [0, 0.05) is 38.6 Å². The van der Waals surface area contributed by atoms with Gasteiger partial charge in [0.25, 0.3) is 0 Å². The van der Waals surface area contributed by atoms with Gasteiger partial charge < -0.3 is 15.1 Å². The number of aromatic nitrogens is 1. The first-order valence-electron chi connectivity index (χ1n) is 8.24. The summed E-state index contributed by atoms with van der Waals surface area (Å²) in [6.45, 7) is 11.1. The maximum Gasteiger partial charge on any atom is 0.0562 e. The third kappa shape index (κ3) is 5.64. The Bertz CT molecular complexity index is 413. The SMILES string of the molecule is CC(C)CNCc1cc(N(C)CCN2CCCC2)ccn1. The predicted molar refractivity (Wildman–Crippen MR) is 89.7 cm³/mol. The summed E-state index contributed by atoms with van der Waals surface area (Å²) in [5.41, 5.74) is 2.40. The molecule has 4 nitrogen and oxygen atoms in total. The van der Waals surface area contributed by atoms with Crippen LogP contribution in [0.4, 0.5) is 5.69 Å². The second-order valence-electron chi connectivity index (χ2n) is 6.50. The topological polar surface area (TPSA) is 31.4 Å². The van der Waals surface area contributed by atoms with Crippen LogP contribution in [0.2, 0.25) is 0 Å². The first kappa shape index (κ1) is 16.2. The van der Waals surface area contributed by atoms with Crippen LogP contribution in [0.1, 0.15) is 32.4 Å². The molecule has 1 fully saturated rings. The van der Waals surface area contributed by atoms with Crippen LogP contribution in [-0.2, 0) is 6.54 Å². The summed E-state index contributed by atoms with van der Waals surface area (Å²) in [7, 11) is 2.18. The van der Waals surface area contributed by atoms with E-state index in [9.17, 15) is 0 Å². The molecule has 0 saturated carbocycles. The molecule has 2 heterocycles. The van der Waals surface area contributed by atoms with Crippen molar-refractivity contribution in [3.63, 3.8) is 0 Å². The molecule has 1 aromatic rings. The van der Waals surface area contributed by atoms with Crippen LogP contribution >= 0.6 is 0 Å². The largest absolute Gasteiger partial charge is 0.373 e. The van der Waals surface area contributed by atoms with Crippen molar-refractivity contribution in [2.24, 2.45) is 5.92 Å². The summed E-state index contributed by atoms with van der Waals surface area (Å²) in [6, 6.07) is 4.31. The van der Waals surface area contributed by atoms with E-state index in [0.29, 0.717) is 5.92 Å². The number of likely N-dealkylation sites (tertiary alicyclic amines) is 1. The Morgan fingerprint density at radius 1 is 1.33 bits per heavy atom. The Morgan fingerprint density at radius 3 is 2.81 bits per heavy atom. The lowest BCUT2D eigenvalue weighted by atomic mass is 10.2. The van der Waals surface area contributed by atoms with E-state index in [1.54, 1.807) is 0 Å². The summed E-state index contributed by atoms with van der Waals surface area (Å²) in [5, 5.41) is 3.45. The molecule has 1 aromatic heterocycles. The van der Waals surface area contributed by atoms with Crippen molar-refractivity contribution in [2.45, 2.75) is 33.2 Å². The molecule has 0 bridgehead atoms. The molecule has 0 unspecified atom stereocenters. The van der Waals surface area contributed by atoms with Crippen LogP contribution in [0, 0.1) is 5.92 Å². The highest BCUT2D eigenvalue weighted by atomic mass is 15.2. The van der Waals surface area contributed by atoms with Gasteiger partial charge in [-0.2, -0.15) is 0 Å². The van der Waals surface area contributed by atoms with E-state index in [4.69, 9.17) is 0 Å². The summed E-state index contributed by atoms with van der Waals surface area (Å²) < 4.78 is 0. The van der Waals surface area contributed by atoms with E-state index < -0.39 is 0 Å². The molecular weight excluding hydrogens is 260 g/mol. The number of pyridine rings is 1. The molecule has 0 aromatic carbocycles. The normalized spacial score (nSPS) is 15.8. The Hall–Kier alpha value is -1.13. The zero-order valence-electron chi connectivity index (χ0n) is 13.8. The van der Waals surface area contributed by atoms with Crippen molar-refractivity contribution in [1.82, 2.24) is 15.2 Å². The van der Waals surface area contributed by atoms with Crippen LogP contribution in [0.3, 0.4) is 0 Å². The van der Waals surface area contributed by atoms with Gasteiger partial charge in [-0.15, -0.1) is 0 Å². The zero-order chi connectivity index (χ0) is 15.1. The fourth-order valence-corrected chi connectivity index (χ4v) is 2.72. The molecule has 2 rings (SSSR count). The molecule has 4 heteroatoms. The van der Waals surface area contributed by atoms with Crippen LogP contribution in [0.15, 0.2) is 18.3 Å². The molecule has 1 aliphatic rings. The molecule has 0 spiro atoms. The van der Waals surface area contributed by atoms with E-state index in [1.165, 1.54) is 38.2 Å². The highest BCUT2D eigenvalue weighted by Gasteiger charge is 2.12. The molecule has 0 radical (unpaired) electrons. The smallest absolute Gasteiger partial charge is 0.0562 e. The lowest BCUT2D eigenvalue weighted by Crippen LogP contribution is -2.31. The Balaban J connectivity index is 1.80. The molecule has 0 atom stereocenters. The first-order valence-corrected chi connectivity index (χ1v) is 8.24. The number of anilines is 1. The van der Waals surface area contributed by atoms with Crippen molar-refractivity contribution in [1.29, 1.82) is 0 Å². The molecule has 0 aliphatic carbocycles. The number of hydrogen-bond acceptors (Lipinski definition) is 4. The predicted octanol–water partition coefficient (Wildman–Crippen LogP) is 2.36. The van der Waals surface area contributed by atoms with Crippen molar-refractivity contribution in [2.75, 3.05) is 44.7 Å². The highest BCUT2D eigenvalue weighted by Crippen LogP contribution is 2.14. The summed E-state index contributed by atoms with van der Waals surface area (Å²) in [5.74, 6) is 0.677. The quantitative estimate of drug-likeness (QED) is 0.796. The highest BCUT2D eigenvalue weighted by molar-refractivity contribution is 5.45. The van der Waals surface area contributed by atoms with Crippen molar-refractivity contribution in [3.8, 4) is 0 Å². The molecule has 118 valence electrons. The number of rotatable bonds is 8. The van der Waals surface area contributed by atoms with Gasteiger partial charge in [-0.3, -0.25) is 4.98 Å². The van der Waals surface area contributed by atoms with Gasteiger partial charge in [0.1, 0.15) is 0 Å². The Labute approximate surface area is 129 Å². The Kier molecular flexibility index (Phi) is 6.46. The minimum Gasteiger partial charge on any atom is -0.373 e. The lowest BCUT2D eigenvalue weighted by molar-refractivity contribution is 0.346. The average molecular weight is 290 g/mol. The van der Waals surface area contributed by atoms with Crippen LogP contribution in [0.25, 0.3) is 0 Å². The van der Waals surface area contributed by atoms with Crippen LogP contribution < -0.4 is 10.2 Å². The van der Waals surface area contributed by atoms with E-state index in [0.717, 1.165) is 25.3 Å². The molecule has 21 heavy (non-hydrogen) atoms. The maximum absolute atomic E-state index is 4.46. The van der Waals surface area contributed by atoms with E-state index in [1.807, 2.05) is 6.20 Å². The van der Waals surface area contributed by atoms with Gasteiger partial charge in [0.2, 0.25) is 0 Å². The van der Waals surface area contributed by atoms with E-state index in [-0.39, 0.29) is 0 Å². The van der Waals surface area contributed by atoms with Crippen molar-refractivity contribution in [3.05, 3.63) is 24.0 Å². The minimum absolute atomic E-state index is 0.677. The molecule has 1 saturated heterocycles. The molecule has 1 N–H and O–H groups in total. The number of hydrogen-bond donors (Lipinski definition) is 1. The second-order valence-corrected chi connectivity index (χ2v) is 6.50. The van der Waals surface area contributed by atoms with Gasteiger partial charge in [0.05, 0.1) is 5.69 Å². The zero-order valence-corrected chi connectivity index (χ0v) is 13.8. The third-order valence-electron chi connectivity index (χ3n) is 4.05. The van der Waals surface area contributed by atoms with E-state index >= 15 is 0 Å². The van der Waals surface area contributed by atoms with Gasteiger partial charge >= 0.3 is 0 Å². The summed E-state index contributed by atoms with van der Waals surface area (Å²) in [4.78, 5) is 9.35. The number of nitrogens with one attached hydrogen (secondary N) is 1. The molecular formula is C17H30N4. The van der Waals surface area contributed by atoms with Crippen molar-refractivity contribution < 1.29 is 0 Å². The maximum atomic E-state index is 4.46. The van der Waals surface area contributed by atoms with Crippen LogP contribution in [0.5, 0.6) is 0 Å². The van der Waals surface area contributed by atoms with Crippen LogP contribution in [-0.4, -0.2) is 49.7 Å². The summed E-state index contributed by atoms with van der Waals surface area (Å²) in [6.07, 6.45) is 4.66. The van der Waals surface area contributed by atoms with Gasteiger partial charge in [-0.05, 0) is 50.5 Å². The van der Waals surface area contributed by atoms with Gasteiger partial charge in [-0.1, -0.05) is 13.8 Å². The lowest BCUT2D eigenvalue weighted by Gasteiger charge is -2.23. The minimum atomic E-state index is 0.677.